The van der Waals surface area contributed by atoms with E-state index in [9.17, 15) is 9.59 Å². The van der Waals surface area contributed by atoms with Crippen LogP contribution in [0.4, 0.5) is 0 Å². The summed E-state index contributed by atoms with van der Waals surface area (Å²) in [6.07, 6.45) is 14.3. The number of aryl methyl sites for hydroxylation is 1. The highest BCUT2D eigenvalue weighted by Gasteiger charge is 2.26. The van der Waals surface area contributed by atoms with Gasteiger partial charge in [0.2, 0.25) is 0 Å². The fraction of sp³-hybridized carbons (Fsp3) is 0.600. The zero-order chi connectivity index (χ0) is 16.5. The Labute approximate surface area is 139 Å². The van der Waals surface area contributed by atoms with Gasteiger partial charge >= 0.3 is 0 Å². The number of fused-ring (bicyclic) bond motifs is 1. The van der Waals surface area contributed by atoms with Gasteiger partial charge in [0.25, 0.3) is 11.8 Å². The molecule has 3 nitrogen and oxygen atoms in total. The van der Waals surface area contributed by atoms with Crippen LogP contribution in [0.1, 0.15) is 97.4 Å². The van der Waals surface area contributed by atoms with Crippen molar-refractivity contribution in [2.75, 3.05) is 0 Å². The SMILES string of the molecule is CCCCCCCCCCCCc1ccc2c(c1)C(=O)NC2=O. The van der Waals surface area contributed by atoms with Gasteiger partial charge in [0.15, 0.2) is 0 Å². The van der Waals surface area contributed by atoms with Crippen molar-refractivity contribution in [2.45, 2.75) is 77.6 Å². The van der Waals surface area contributed by atoms with E-state index in [1.807, 2.05) is 12.1 Å². The van der Waals surface area contributed by atoms with Gasteiger partial charge in [0.05, 0.1) is 11.1 Å². The minimum atomic E-state index is -0.268. The van der Waals surface area contributed by atoms with E-state index in [4.69, 9.17) is 0 Å². The van der Waals surface area contributed by atoms with E-state index >= 15 is 0 Å². The van der Waals surface area contributed by atoms with Crippen LogP contribution in [0.2, 0.25) is 0 Å². The summed E-state index contributed by atoms with van der Waals surface area (Å²) in [7, 11) is 0. The molecule has 1 aromatic carbocycles. The number of carbonyl (C=O) groups is 2. The normalized spacial score (nSPS) is 13.3. The zero-order valence-corrected chi connectivity index (χ0v) is 14.3. The largest absolute Gasteiger partial charge is 0.288 e. The predicted octanol–water partition coefficient (Wildman–Crippen LogP) is 5.03. The molecule has 1 N–H and O–H groups in total. The van der Waals surface area contributed by atoms with Crippen molar-refractivity contribution in [3.8, 4) is 0 Å². The molecule has 3 heteroatoms. The topological polar surface area (TPSA) is 46.2 Å². The van der Waals surface area contributed by atoms with Gasteiger partial charge in [-0.05, 0) is 30.5 Å². The van der Waals surface area contributed by atoms with Crippen molar-refractivity contribution in [3.63, 3.8) is 0 Å². The summed E-state index contributed by atoms with van der Waals surface area (Å²) in [6, 6.07) is 5.63. The summed E-state index contributed by atoms with van der Waals surface area (Å²) in [5, 5.41) is 2.34. The third-order valence-corrected chi connectivity index (χ3v) is 4.62. The first-order valence-corrected chi connectivity index (χ1v) is 9.21. The van der Waals surface area contributed by atoms with Gasteiger partial charge in [-0.15, -0.1) is 0 Å². The molecule has 0 aliphatic carbocycles. The number of nitrogens with one attached hydrogen (secondary N) is 1. The van der Waals surface area contributed by atoms with Gasteiger partial charge in [-0.2, -0.15) is 0 Å². The third kappa shape index (κ3) is 5.49. The smallest absolute Gasteiger partial charge is 0.258 e. The molecule has 0 atom stereocenters. The maximum atomic E-state index is 11.6. The molecular formula is C20H29NO2. The lowest BCUT2D eigenvalue weighted by Crippen LogP contribution is -2.19. The second kappa shape index (κ2) is 9.49. The average Bonchev–Trinajstić information content (AvgIpc) is 2.83. The standard InChI is InChI=1S/C20H29NO2/c1-2-3-4-5-6-7-8-9-10-11-12-16-13-14-17-18(15-16)20(23)21-19(17)22/h13-15H,2-12H2,1H3,(H,21,22,23). The molecular weight excluding hydrogens is 286 g/mol. The lowest BCUT2D eigenvalue weighted by atomic mass is 10.0. The fourth-order valence-electron chi connectivity index (χ4n) is 3.19. The summed E-state index contributed by atoms with van der Waals surface area (Å²) in [5.74, 6) is -0.523. The summed E-state index contributed by atoms with van der Waals surface area (Å²) in [6.45, 7) is 2.26. The van der Waals surface area contributed by atoms with Gasteiger partial charge in [0, 0.05) is 0 Å². The molecule has 0 saturated carbocycles. The van der Waals surface area contributed by atoms with Crippen molar-refractivity contribution in [3.05, 3.63) is 34.9 Å². The van der Waals surface area contributed by atoms with E-state index in [2.05, 4.69) is 12.2 Å². The van der Waals surface area contributed by atoms with Gasteiger partial charge in [0.1, 0.15) is 0 Å². The number of amides is 2. The van der Waals surface area contributed by atoms with Crippen LogP contribution >= 0.6 is 0 Å². The first kappa shape index (κ1) is 17.7. The Morgan fingerprint density at radius 3 is 1.96 bits per heavy atom. The molecule has 2 amide bonds. The van der Waals surface area contributed by atoms with Crippen LogP contribution in [0.3, 0.4) is 0 Å². The summed E-state index contributed by atoms with van der Waals surface area (Å²) in [5.41, 5.74) is 2.22. The number of benzene rings is 1. The number of hydrogen-bond acceptors (Lipinski definition) is 2. The van der Waals surface area contributed by atoms with E-state index < -0.39 is 0 Å². The fourth-order valence-corrected chi connectivity index (χ4v) is 3.19. The maximum Gasteiger partial charge on any atom is 0.258 e. The lowest BCUT2D eigenvalue weighted by Gasteiger charge is -2.04. The van der Waals surface area contributed by atoms with Gasteiger partial charge < -0.3 is 0 Å². The molecule has 0 saturated heterocycles. The van der Waals surface area contributed by atoms with E-state index in [0.717, 1.165) is 18.4 Å². The number of unbranched alkanes of at least 4 members (excludes halogenated alkanes) is 9. The molecule has 1 aromatic rings. The van der Waals surface area contributed by atoms with Crippen molar-refractivity contribution in [1.82, 2.24) is 5.32 Å². The second-order valence-electron chi connectivity index (χ2n) is 6.60. The second-order valence-corrected chi connectivity index (χ2v) is 6.60. The molecule has 1 aliphatic rings. The first-order chi connectivity index (χ1) is 11.2. The van der Waals surface area contributed by atoms with Gasteiger partial charge in [-0.25, -0.2) is 0 Å². The molecule has 23 heavy (non-hydrogen) atoms. The Hall–Kier alpha value is -1.64. The molecule has 2 rings (SSSR count). The predicted molar refractivity (Wildman–Crippen MR) is 93.8 cm³/mol. The van der Waals surface area contributed by atoms with Crippen LogP contribution in [-0.2, 0) is 6.42 Å². The van der Waals surface area contributed by atoms with Gasteiger partial charge in [-0.1, -0.05) is 70.8 Å². The third-order valence-electron chi connectivity index (χ3n) is 4.62. The van der Waals surface area contributed by atoms with E-state index in [1.54, 1.807) is 6.07 Å². The van der Waals surface area contributed by atoms with Crippen LogP contribution in [0.25, 0.3) is 0 Å². The highest BCUT2D eigenvalue weighted by molar-refractivity contribution is 6.21. The molecule has 0 radical (unpaired) electrons. The molecule has 0 spiro atoms. The number of carbonyl (C=O) groups excluding carboxylic acids is 2. The van der Waals surface area contributed by atoms with Crippen LogP contribution in [0.15, 0.2) is 18.2 Å². The van der Waals surface area contributed by atoms with Crippen LogP contribution < -0.4 is 5.32 Å². The Morgan fingerprint density at radius 1 is 0.739 bits per heavy atom. The molecule has 126 valence electrons. The summed E-state index contributed by atoms with van der Waals surface area (Å²) >= 11 is 0. The molecule has 1 heterocycles. The quantitative estimate of drug-likeness (QED) is 0.459. The van der Waals surface area contributed by atoms with Gasteiger partial charge in [-0.3, -0.25) is 14.9 Å². The monoisotopic (exact) mass is 315 g/mol. The highest BCUT2D eigenvalue weighted by atomic mass is 16.2. The van der Waals surface area contributed by atoms with E-state index in [-0.39, 0.29) is 11.8 Å². The van der Waals surface area contributed by atoms with Crippen LogP contribution in [0.5, 0.6) is 0 Å². The van der Waals surface area contributed by atoms with Crippen LogP contribution in [0, 0.1) is 0 Å². The zero-order valence-electron chi connectivity index (χ0n) is 14.3. The molecule has 0 fully saturated rings. The van der Waals surface area contributed by atoms with Crippen molar-refractivity contribution < 1.29 is 9.59 Å². The maximum absolute atomic E-state index is 11.6. The molecule has 0 unspecified atom stereocenters. The number of rotatable bonds is 11. The summed E-state index contributed by atoms with van der Waals surface area (Å²) in [4.78, 5) is 23.1. The van der Waals surface area contributed by atoms with E-state index in [1.165, 1.54) is 57.8 Å². The van der Waals surface area contributed by atoms with Crippen molar-refractivity contribution in [1.29, 1.82) is 0 Å². The first-order valence-electron chi connectivity index (χ1n) is 9.21. The Bertz CT molecular complexity index is 536. The minimum Gasteiger partial charge on any atom is -0.288 e. The van der Waals surface area contributed by atoms with Crippen LogP contribution in [-0.4, -0.2) is 11.8 Å². The Morgan fingerprint density at radius 2 is 1.30 bits per heavy atom. The Kier molecular flexibility index (Phi) is 7.31. The summed E-state index contributed by atoms with van der Waals surface area (Å²) < 4.78 is 0. The molecule has 0 bridgehead atoms. The highest BCUT2D eigenvalue weighted by Crippen LogP contribution is 2.19. The minimum absolute atomic E-state index is 0.255. The lowest BCUT2D eigenvalue weighted by molar-refractivity contribution is 0.0879. The molecule has 1 aliphatic heterocycles. The number of imide groups is 1. The molecule has 0 aromatic heterocycles. The number of hydrogen-bond donors (Lipinski definition) is 1. The average molecular weight is 315 g/mol. The Balaban J connectivity index is 1.58. The van der Waals surface area contributed by atoms with E-state index in [0.29, 0.717) is 11.1 Å². The van der Waals surface area contributed by atoms with Crippen molar-refractivity contribution >= 4 is 11.8 Å². The van der Waals surface area contributed by atoms with Crippen molar-refractivity contribution in [2.24, 2.45) is 0 Å².